The molecule has 0 spiro atoms. The average molecular weight is 1100 g/mol. The highest BCUT2D eigenvalue weighted by Crippen LogP contribution is 2.17. The molecule has 0 aliphatic carbocycles. The maximum absolute atomic E-state index is 12.9. The van der Waals surface area contributed by atoms with Gasteiger partial charge in [0, 0.05) is 12.8 Å². The van der Waals surface area contributed by atoms with Crippen LogP contribution in [-0.4, -0.2) is 87.4 Å². The van der Waals surface area contributed by atoms with Gasteiger partial charge in [0.25, 0.3) is 6.29 Å². The molecule has 1 N–H and O–H groups in total. The van der Waals surface area contributed by atoms with Gasteiger partial charge in [-0.1, -0.05) is 267 Å². The zero-order valence-corrected chi connectivity index (χ0v) is 51.6. The zero-order chi connectivity index (χ0) is 56.9. The molecule has 2 atom stereocenters. The first kappa shape index (κ1) is 74.7. The number of quaternary nitrogens is 1. The highest BCUT2D eigenvalue weighted by molar-refractivity contribution is 5.71. The van der Waals surface area contributed by atoms with E-state index in [0.29, 0.717) is 11.0 Å². The van der Waals surface area contributed by atoms with Gasteiger partial charge in [0.1, 0.15) is 13.2 Å². The van der Waals surface area contributed by atoms with Crippen LogP contribution in [0.3, 0.4) is 0 Å². The topological polar surface area (TPSA) is 108 Å². The van der Waals surface area contributed by atoms with E-state index < -0.39 is 24.3 Å². The molecule has 0 saturated heterocycles. The van der Waals surface area contributed by atoms with E-state index in [9.17, 15) is 19.5 Å². The van der Waals surface area contributed by atoms with E-state index in [0.717, 1.165) is 89.9 Å². The van der Waals surface area contributed by atoms with Gasteiger partial charge in [-0.25, -0.2) is 4.79 Å². The van der Waals surface area contributed by atoms with Crippen molar-refractivity contribution in [1.29, 1.82) is 0 Å². The van der Waals surface area contributed by atoms with E-state index >= 15 is 0 Å². The monoisotopic (exact) mass is 1090 g/mol. The lowest BCUT2D eigenvalue weighted by molar-refractivity contribution is -0.870. The number of carbonyl (C=O) groups excluding carboxylic acids is 2. The van der Waals surface area contributed by atoms with Gasteiger partial charge in [-0.2, -0.15) is 0 Å². The normalized spacial score (nSPS) is 13.2. The average Bonchev–Trinajstić information content (AvgIpc) is 3.41. The van der Waals surface area contributed by atoms with E-state index in [1.807, 2.05) is 21.1 Å². The molecular formula is C69H124NO8+. The Bertz CT molecular complexity index is 1510. The van der Waals surface area contributed by atoms with Crippen LogP contribution in [0.4, 0.5) is 0 Å². The summed E-state index contributed by atoms with van der Waals surface area (Å²) in [7, 11) is 5.97. The maximum atomic E-state index is 12.9. The van der Waals surface area contributed by atoms with Gasteiger partial charge >= 0.3 is 17.9 Å². The van der Waals surface area contributed by atoms with Gasteiger partial charge in [0.2, 0.25) is 0 Å². The number of carbonyl (C=O) groups is 3. The summed E-state index contributed by atoms with van der Waals surface area (Å²) >= 11 is 0. The molecule has 0 heterocycles. The fourth-order valence-electron chi connectivity index (χ4n) is 9.21. The SMILES string of the molecule is CC/C=C\C/C=C\C/C=C\C/C=C\CCCCCCCCCCCCCCCCCCCCCCCCCCC(=O)OC(COC(=O)CCCCCCC/C=C\C/C=C\CCCCCC)COC(OCC[N+](C)(C)C)C(=O)O. The summed E-state index contributed by atoms with van der Waals surface area (Å²) in [5, 5.41) is 9.71. The second-order valence-corrected chi connectivity index (χ2v) is 23.0. The predicted octanol–water partition coefficient (Wildman–Crippen LogP) is 19.7. The first-order valence-electron chi connectivity index (χ1n) is 32.6. The molecule has 9 nitrogen and oxygen atoms in total. The number of esters is 2. The highest BCUT2D eigenvalue weighted by Gasteiger charge is 2.25. The number of carboxylic acids is 1. The predicted molar refractivity (Wildman–Crippen MR) is 332 cm³/mol. The number of carboxylic acid groups (broad SMARTS) is 1. The number of aliphatic carboxylic acids is 1. The second-order valence-electron chi connectivity index (χ2n) is 23.0. The molecule has 0 aromatic carbocycles. The molecule has 0 amide bonds. The Labute approximate surface area is 481 Å². The van der Waals surface area contributed by atoms with Crippen LogP contribution in [0.25, 0.3) is 0 Å². The van der Waals surface area contributed by atoms with Crippen molar-refractivity contribution in [2.45, 2.75) is 302 Å². The van der Waals surface area contributed by atoms with Crippen molar-refractivity contribution in [3.63, 3.8) is 0 Å². The molecule has 0 aromatic heterocycles. The van der Waals surface area contributed by atoms with Gasteiger partial charge in [-0.3, -0.25) is 9.59 Å². The van der Waals surface area contributed by atoms with Gasteiger partial charge in [-0.05, 0) is 83.5 Å². The molecular weight excluding hydrogens is 971 g/mol. The van der Waals surface area contributed by atoms with E-state index in [1.165, 1.54) is 173 Å². The highest BCUT2D eigenvalue weighted by atomic mass is 16.7. The van der Waals surface area contributed by atoms with Crippen LogP contribution >= 0.6 is 0 Å². The van der Waals surface area contributed by atoms with Gasteiger partial charge < -0.3 is 28.5 Å². The summed E-state index contributed by atoms with van der Waals surface area (Å²) in [6, 6.07) is 0. The minimum absolute atomic E-state index is 0.185. The molecule has 2 unspecified atom stereocenters. The molecule has 9 heteroatoms. The Hall–Kier alpha value is -3.27. The molecule has 0 bridgehead atoms. The number of hydrogen-bond donors (Lipinski definition) is 1. The van der Waals surface area contributed by atoms with Gasteiger partial charge in [-0.15, -0.1) is 0 Å². The number of ether oxygens (including phenoxy) is 4. The summed E-state index contributed by atoms with van der Waals surface area (Å²) in [4.78, 5) is 37.5. The molecule has 0 aromatic rings. The van der Waals surface area contributed by atoms with E-state index in [4.69, 9.17) is 18.9 Å². The molecule has 78 heavy (non-hydrogen) atoms. The smallest absolute Gasteiger partial charge is 0.361 e. The lowest BCUT2D eigenvalue weighted by atomic mass is 10.0. The Morgan fingerprint density at radius 2 is 0.731 bits per heavy atom. The van der Waals surface area contributed by atoms with Crippen LogP contribution in [0.2, 0.25) is 0 Å². The summed E-state index contributed by atoms with van der Waals surface area (Å²) < 4.78 is 22.9. The molecule has 0 saturated carbocycles. The number of allylic oxidation sites excluding steroid dienone is 12. The molecule has 0 aliphatic heterocycles. The minimum atomic E-state index is -1.51. The van der Waals surface area contributed by atoms with E-state index in [2.05, 4.69) is 86.8 Å². The first-order chi connectivity index (χ1) is 38.1. The fourth-order valence-corrected chi connectivity index (χ4v) is 9.21. The van der Waals surface area contributed by atoms with Crippen LogP contribution in [-0.2, 0) is 33.3 Å². The van der Waals surface area contributed by atoms with Crippen molar-refractivity contribution in [3.8, 4) is 0 Å². The van der Waals surface area contributed by atoms with Crippen molar-refractivity contribution < 1.29 is 42.9 Å². The first-order valence-corrected chi connectivity index (χ1v) is 32.6. The van der Waals surface area contributed by atoms with Crippen molar-refractivity contribution in [3.05, 3.63) is 72.9 Å². The summed E-state index contributed by atoms with van der Waals surface area (Å²) in [6.07, 6.45) is 75.9. The lowest BCUT2D eigenvalue weighted by Gasteiger charge is -2.25. The second kappa shape index (κ2) is 59.8. The summed E-state index contributed by atoms with van der Waals surface area (Å²) in [6.45, 7) is 4.76. The lowest BCUT2D eigenvalue weighted by Crippen LogP contribution is -2.40. The number of unbranched alkanes of at least 4 members (excludes halogenated alkanes) is 33. The molecule has 0 rings (SSSR count). The molecule has 0 aliphatic rings. The standard InChI is InChI=1S/C69H123NO8/c1-6-8-10-12-14-16-18-20-22-24-25-26-27-28-29-30-31-32-33-34-35-36-37-38-39-40-41-42-43-44-46-48-50-52-54-56-58-60-67(72)78-65(64-77-69(68(73)74)75-62-61-70(3,4)5)63-76-66(71)59-57-55-53-51-49-47-45-23-21-19-17-15-13-11-9-7-2/h8,10,14,16-17,19-20,22-23,25-26,45,65,69H,6-7,9,11-13,15,18,21,24,27-44,46-64H2,1-5H3/p+1/b10-8-,16-14-,19-17-,22-20-,26-25-,45-23-. The molecule has 0 fully saturated rings. The quantitative estimate of drug-likeness (QED) is 0.0211. The van der Waals surface area contributed by atoms with Crippen LogP contribution in [0.1, 0.15) is 290 Å². The van der Waals surface area contributed by atoms with Gasteiger partial charge in [0.05, 0.1) is 34.4 Å². The largest absolute Gasteiger partial charge is 0.477 e. The van der Waals surface area contributed by atoms with Crippen molar-refractivity contribution in [1.82, 2.24) is 0 Å². The Balaban J connectivity index is 4.01. The summed E-state index contributed by atoms with van der Waals surface area (Å²) in [5.41, 5.74) is 0. The number of rotatable bonds is 60. The third kappa shape index (κ3) is 60.4. The van der Waals surface area contributed by atoms with Crippen LogP contribution in [0, 0.1) is 0 Å². The molecule has 0 radical (unpaired) electrons. The van der Waals surface area contributed by atoms with Crippen LogP contribution < -0.4 is 0 Å². The number of hydrogen-bond acceptors (Lipinski definition) is 7. The number of nitrogens with zero attached hydrogens (tertiary/aromatic N) is 1. The van der Waals surface area contributed by atoms with Crippen LogP contribution in [0.15, 0.2) is 72.9 Å². The third-order valence-electron chi connectivity index (χ3n) is 14.2. The van der Waals surface area contributed by atoms with Crippen molar-refractivity contribution >= 4 is 17.9 Å². The van der Waals surface area contributed by atoms with E-state index in [1.54, 1.807) is 0 Å². The van der Waals surface area contributed by atoms with Crippen LogP contribution in [0.5, 0.6) is 0 Å². The molecule has 452 valence electrons. The van der Waals surface area contributed by atoms with Crippen molar-refractivity contribution in [2.75, 3.05) is 47.5 Å². The summed E-state index contributed by atoms with van der Waals surface area (Å²) in [5.74, 6) is -2.01. The van der Waals surface area contributed by atoms with Gasteiger partial charge in [0.15, 0.2) is 6.10 Å². The van der Waals surface area contributed by atoms with Crippen molar-refractivity contribution in [2.24, 2.45) is 0 Å². The third-order valence-corrected chi connectivity index (χ3v) is 14.2. The Kier molecular flexibility index (Phi) is 57.3. The van der Waals surface area contributed by atoms with E-state index in [-0.39, 0.29) is 38.6 Å². The Morgan fingerprint density at radius 3 is 1.09 bits per heavy atom. The number of likely N-dealkylation sites (N-methyl/N-ethyl adjacent to an activating group) is 1. The zero-order valence-electron chi connectivity index (χ0n) is 51.6. The Morgan fingerprint density at radius 1 is 0.397 bits per heavy atom. The maximum Gasteiger partial charge on any atom is 0.361 e. The minimum Gasteiger partial charge on any atom is -0.477 e. The fraction of sp³-hybridized carbons (Fsp3) is 0.783.